The zero-order chi connectivity index (χ0) is 18.7. The minimum Gasteiger partial charge on any atom is -0.378 e. The van der Waals surface area contributed by atoms with Crippen molar-refractivity contribution in [3.63, 3.8) is 0 Å². The lowest BCUT2D eigenvalue weighted by Crippen LogP contribution is -2.14. The summed E-state index contributed by atoms with van der Waals surface area (Å²) in [5.41, 5.74) is 3.86. The lowest BCUT2D eigenvalue weighted by Gasteiger charge is -2.13. The first-order valence-electron chi connectivity index (χ1n) is 8.45. The van der Waals surface area contributed by atoms with Gasteiger partial charge >= 0.3 is 0 Å². The molecule has 1 aliphatic heterocycles. The third kappa shape index (κ3) is 4.08. The number of anilines is 3. The molecular weight excluding hydrogens is 330 g/mol. The van der Waals surface area contributed by atoms with Crippen molar-refractivity contribution in [2.75, 3.05) is 29.6 Å². The standard InChI is InChI=1S/C20H21N3O3/c1-23(2)16-6-4-15(5-7-16)21-19(25)10-9-18(24)13-3-8-17-14(11-13)12-20(26)22-17/h3-8,11H,9-10,12H2,1-2H3,(H,21,25)(H,22,26). The number of fused-ring (bicyclic) bond motifs is 1. The molecule has 6 heteroatoms. The second kappa shape index (κ2) is 7.39. The fourth-order valence-electron chi connectivity index (χ4n) is 2.84. The van der Waals surface area contributed by atoms with Gasteiger partial charge in [-0.15, -0.1) is 0 Å². The number of hydrogen-bond donors (Lipinski definition) is 2. The number of rotatable bonds is 6. The topological polar surface area (TPSA) is 78.5 Å². The molecule has 2 aromatic rings. The molecule has 0 atom stereocenters. The zero-order valence-electron chi connectivity index (χ0n) is 14.8. The highest BCUT2D eigenvalue weighted by Crippen LogP contribution is 2.24. The Morgan fingerprint density at radius 3 is 2.50 bits per heavy atom. The summed E-state index contributed by atoms with van der Waals surface area (Å²) < 4.78 is 0. The largest absolute Gasteiger partial charge is 0.378 e. The van der Waals surface area contributed by atoms with Crippen LogP contribution in [-0.4, -0.2) is 31.7 Å². The summed E-state index contributed by atoms with van der Waals surface area (Å²) in [5, 5.41) is 5.53. The van der Waals surface area contributed by atoms with Gasteiger partial charge in [0.1, 0.15) is 0 Å². The predicted molar refractivity (Wildman–Crippen MR) is 102 cm³/mol. The fourth-order valence-corrected chi connectivity index (χ4v) is 2.84. The highest BCUT2D eigenvalue weighted by molar-refractivity contribution is 6.03. The van der Waals surface area contributed by atoms with Crippen LogP contribution in [0.2, 0.25) is 0 Å². The van der Waals surface area contributed by atoms with Gasteiger partial charge in [0.15, 0.2) is 5.78 Å². The summed E-state index contributed by atoms with van der Waals surface area (Å²) in [6.45, 7) is 0. The molecular formula is C20H21N3O3. The van der Waals surface area contributed by atoms with Crippen molar-refractivity contribution in [1.82, 2.24) is 0 Å². The van der Waals surface area contributed by atoms with Crippen LogP contribution in [0.4, 0.5) is 17.1 Å². The molecule has 6 nitrogen and oxygen atoms in total. The van der Waals surface area contributed by atoms with E-state index >= 15 is 0 Å². The van der Waals surface area contributed by atoms with Gasteiger partial charge in [-0.05, 0) is 48.0 Å². The van der Waals surface area contributed by atoms with Gasteiger partial charge in [0, 0.05) is 49.6 Å². The second-order valence-electron chi connectivity index (χ2n) is 6.51. The second-order valence-corrected chi connectivity index (χ2v) is 6.51. The van der Waals surface area contributed by atoms with Gasteiger partial charge in [-0.2, -0.15) is 0 Å². The van der Waals surface area contributed by atoms with E-state index < -0.39 is 0 Å². The average Bonchev–Trinajstić information content (AvgIpc) is 2.99. The predicted octanol–water partition coefficient (Wildman–Crippen LogP) is 2.85. The lowest BCUT2D eigenvalue weighted by atomic mass is 10.0. The van der Waals surface area contributed by atoms with Gasteiger partial charge in [0.05, 0.1) is 6.42 Å². The number of benzene rings is 2. The summed E-state index contributed by atoms with van der Waals surface area (Å²) in [7, 11) is 3.90. The number of amides is 2. The maximum Gasteiger partial charge on any atom is 0.228 e. The summed E-state index contributed by atoms with van der Waals surface area (Å²) in [6, 6.07) is 12.7. The quantitative estimate of drug-likeness (QED) is 0.785. The smallest absolute Gasteiger partial charge is 0.228 e. The first-order chi connectivity index (χ1) is 12.4. The highest BCUT2D eigenvalue weighted by atomic mass is 16.2. The van der Waals surface area contributed by atoms with Crippen molar-refractivity contribution in [3.8, 4) is 0 Å². The maximum absolute atomic E-state index is 12.3. The van der Waals surface area contributed by atoms with E-state index in [0.717, 1.165) is 16.9 Å². The Morgan fingerprint density at radius 1 is 1.08 bits per heavy atom. The van der Waals surface area contributed by atoms with Gasteiger partial charge < -0.3 is 15.5 Å². The van der Waals surface area contributed by atoms with Crippen LogP contribution in [0.5, 0.6) is 0 Å². The summed E-state index contributed by atoms with van der Waals surface area (Å²) >= 11 is 0. The van der Waals surface area contributed by atoms with Crippen LogP contribution in [0, 0.1) is 0 Å². The fraction of sp³-hybridized carbons (Fsp3) is 0.250. The van der Waals surface area contributed by atoms with E-state index in [1.807, 2.05) is 43.3 Å². The van der Waals surface area contributed by atoms with Crippen LogP contribution in [0.3, 0.4) is 0 Å². The van der Waals surface area contributed by atoms with E-state index in [0.29, 0.717) is 17.7 Å². The third-order valence-electron chi connectivity index (χ3n) is 4.30. The van der Waals surface area contributed by atoms with Crippen molar-refractivity contribution in [2.24, 2.45) is 0 Å². The minimum absolute atomic E-state index is 0.0655. The third-order valence-corrected chi connectivity index (χ3v) is 4.30. The molecule has 2 amide bonds. The number of hydrogen-bond acceptors (Lipinski definition) is 4. The molecule has 0 saturated carbocycles. The van der Waals surface area contributed by atoms with Crippen LogP contribution in [0.15, 0.2) is 42.5 Å². The first-order valence-corrected chi connectivity index (χ1v) is 8.45. The highest BCUT2D eigenvalue weighted by Gasteiger charge is 2.19. The van der Waals surface area contributed by atoms with Crippen LogP contribution < -0.4 is 15.5 Å². The molecule has 1 heterocycles. The number of carbonyl (C=O) groups is 3. The van der Waals surface area contributed by atoms with Gasteiger partial charge in [0.2, 0.25) is 11.8 Å². The molecule has 1 aliphatic rings. The Balaban J connectivity index is 1.53. The van der Waals surface area contributed by atoms with E-state index in [2.05, 4.69) is 10.6 Å². The van der Waals surface area contributed by atoms with Gasteiger partial charge in [-0.3, -0.25) is 14.4 Å². The van der Waals surface area contributed by atoms with Crippen LogP contribution in [-0.2, 0) is 16.0 Å². The normalized spacial score (nSPS) is 12.3. The van der Waals surface area contributed by atoms with E-state index in [1.165, 1.54) is 0 Å². The number of nitrogens with zero attached hydrogens (tertiary/aromatic N) is 1. The van der Waals surface area contributed by atoms with Crippen molar-refractivity contribution in [3.05, 3.63) is 53.6 Å². The molecule has 2 N–H and O–H groups in total. The van der Waals surface area contributed by atoms with Crippen LogP contribution in [0.25, 0.3) is 0 Å². The molecule has 0 radical (unpaired) electrons. The number of ketones is 1. The van der Waals surface area contributed by atoms with Crippen molar-refractivity contribution >= 4 is 34.7 Å². The monoisotopic (exact) mass is 351 g/mol. The molecule has 0 aliphatic carbocycles. The van der Waals surface area contributed by atoms with Crippen molar-refractivity contribution in [2.45, 2.75) is 19.3 Å². The van der Waals surface area contributed by atoms with Crippen molar-refractivity contribution < 1.29 is 14.4 Å². The maximum atomic E-state index is 12.3. The van der Waals surface area contributed by atoms with E-state index in [9.17, 15) is 14.4 Å². The molecule has 0 fully saturated rings. The average molecular weight is 351 g/mol. The molecule has 0 spiro atoms. The van der Waals surface area contributed by atoms with Gasteiger partial charge in [-0.25, -0.2) is 0 Å². The minimum atomic E-state index is -0.200. The molecule has 0 unspecified atom stereocenters. The summed E-state index contributed by atoms with van der Waals surface area (Å²) in [6.07, 6.45) is 0.532. The molecule has 3 rings (SSSR count). The SMILES string of the molecule is CN(C)c1ccc(NC(=O)CCC(=O)c2ccc3c(c2)CC(=O)N3)cc1. The Kier molecular flexibility index (Phi) is 5.02. The first kappa shape index (κ1) is 17.7. The lowest BCUT2D eigenvalue weighted by molar-refractivity contribution is -0.116. The van der Waals surface area contributed by atoms with Crippen LogP contribution in [0.1, 0.15) is 28.8 Å². The molecule has 26 heavy (non-hydrogen) atoms. The van der Waals surface area contributed by atoms with E-state index in [-0.39, 0.29) is 30.4 Å². The molecule has 0 bridgehead atoms. The molecule has 2 aromatic carbocycles. The zero-order valence-corrected chi connectivity index (χ0v) is 14.8. The molecule has 134 valence electrons. The summed E-state index contributed by atoms with van der Waals surface area (Å²) in [4.78, 5) is 37.7. The van der Waals surface area contributed by atoms with Crippen LogP contribution >= 0.6 is 0 Å². The Bertz CT molecular complexity index is 857. The number of carbonyl (C=O) groups excluding carboxylic acids is 3. The van der Waals surface area contributed by atoms with Gasteiger partial charge in [0.25, 0.3) is 0 Å². The van der Waals surface area contributed by atoms with Crippen molar-refractivity contribution in [1.29, 1.82) is 0 Å². The Morgan fingerprint density at radius 2 is 1.81 bits per heavy atom. The van der Waals surface area contributed by atoms with Gasteiger partial charge in [-0.1, -0.05) is 0 Å². The summed E-state index contributed by atoms with van der Waals surface area (Å²) in [5.74, 6) is -0.372. The number of nitrogens with one attached hydrogen (secondary N) is 2. The van der Waals surface area contributed by atoms with E-state index in [4.69, 9.17) is 0 Å². The number of Topliss-reactive ketones (excluding diaryl/α,β-unsaturated/α-hetero) is 1. The Labute approximate surface area is 152 Å². The Hall–Kier alpha value is -3.15. The molecule has 0 aromatic heterocycles. The molecule has 0 saturated heterocycles. The van der Waals surface area contributed by atoms with E-state index in [1.54, 1.807) is 18.2 Å².